The first-order chi connectivity index (χ1) is 18.3. The Morgan fingerprint density at radius 1 is 1.00 bits per heavy atom. The van der Waals surface area contributed by atoms with E-state index in [1.54, 1.807) is 12.1 Å². The molecule has 2 aliphatic rings. The number of rotatable bonds is 5. The minimum Gasteiger partial charge on any atom is -0.369 e. The normalized spacial score (nSPS) is 22.5. The summed E-state index contributed by atoms with van der Waals surface area (Å²) >= 11 is 0. The fraction of sp³-hybridized carbons (Fsp3) is 0.423. The minimum atomic E-state index is -4.99. The van der Waals surface area contributed by atoms with Gasteiger partial charge >= 0.3 is 12.4 Å². The second-order valence-electron chi connectivity index (χ2n) is 9.76. The minimum absolute atomic E-state index is 0.0734. The lowest BCUT2D eigenvalue weighted by Gasteiger charge is -2.35. The van der Waals surface area contributed by atoms with Crippen molar-refractivity contribution in [2.75, 3.05) is 0 Å². The number of nitrogens with zero attached hydrogens (tertiary/aromatic N) is 3. The van der Waals surface area contributed by atoms with Crippen LogP contribution < -0.4 is 5.32 Å². The summed E-state index contributed by atoms with van der Waals surface area (Å²) < 4.78 is 102. The van der Waals surface area contributed by atoms with Gasteiger partial charge in [0.05, 0.1) is 29.4 Å². The number of nitrogens with one attached hydrogen (secondary N) is 1. The van der Waals surface area contributed by atoms with Gasteiger partial charge < -0.3 is 14.6 Å². The van der Waals surface area contributed by atoms with Crippen LogP contribution in [0.15, 0.2) is 42.5 Å². The van der Waals surface area contributed by atoms with Crippen LogP contribution in [0.4, 0.5) is 30.7 Å². The topological polar surface area (TPSA) is 69.0 Å². The van der Waals surface area contributed by atoms with Gasteiger partial charge in [-0.05, 0) is 54.8 Å². The van der Waals surface area contributed by atoms with Gasteiger partial charge in [-0.1, -0.05) is 12.1 Å². The van der Waals surface area contributed by atoms with Crippen LogP contribution in [0.2, 0.25) is 0 Å². The van der Waals surface area contributed by atoms with Gasteiger partial charge in [0.1, 0.15) is 11.6 Å². The number of aromatic nitrogens is 3. The molecule has 13 heteroatoms. The van der Waals surface area contributed by atoms with Crippen LogP contribution in [0.25, 0.3) is 0 Å². The molecule has 0 bridgehead atoms. The van der Waals surface area contributed by atoms with Gasteiger partial charge in [-0.15, -0.1) is 10.2 Å². The first kappa shape index (κ1) is 27.1. The predicted molar refractivity (Wildman–Crippen MR) is 123 cm³/mol. The van der Waals surface area contributed by atoms with Crippen molar-refractivity contribution >= 4 is 5.91 Å². The lowest BCUT2D eigenvalue weighted by atomic mass is 9.88. The number of ether oxygens (including phenoxy) is 1. The lowest BCUT2D eigenvalue weighted by molar-refractivity contribution is -0.143. The average Bonchev–Trinajstić information content (AvgIpc) is 3.48. The monoisotopic (exact) mass is 556 g/mol. The lowest BCUT2D eigenvalue weighted by Crippen LogP contribution is -2.36. The van der Waals surface area contributed by atoms with Gasteiger partial charge in [-0.3, -0.25) is 4.79 Å². The van der Waals surface area contributed by atoms with Gasteiger partial charge in [0.15, 0.2) is 5.82 Å². The Labute approximate surface area is 218 Å². The molecule has 208 valence electrons. The maximum absolute atomic E-state index is 13.7. The predicted octanol–water partition coefficient (Wildman–Crippen LogP) is 5.89. The molecule has 0 saturated carbocycles. The van der Waals surface area contributed by atoms with E-state index in [1.807, 2.05) is 4.57 Å². The molecule has 0 aliphatic carbocycles. The quantitative estimate of drug-likeness (QED) is 0.398. The highest BCUT2D eigenvalue weighted by atomic mass is 19.4. The van der Waals surface area contributed by atoms with Gasteiger partial charge in [-0.2, -0.15) is 26.3 Å². The molecule has 4 atom stereocenters. The van der Waals surface area contributed by atoms with E-state index in [-0.39, 0.29) is 36.5 Å². The van der Waals surface area contributed by atoms with Crippen molar-refractivity contribution in [1.82, 2.24) is 20.1 Å². The summed E-state index contributed by atoms with van der Waals surface area (Å²) in [5, 5.41) is 11.3. The molecule has 1 unspecified atom stereocenters. The van der Waals surface area contributed by atoms with Crippen LogP contribution in [0.5, 0.6) is 0 Å². The van der Waals surface area contributed by atoms with Crippen LogP contribution in [0, 0.1) is 5.82 Å². The molecule has 1 saturated heterocycles. The summed E-state index contributed by atoms with van der Waals surface area (Å²) in [6.45, 7) is 1.64. The average molecular weight is 556 g/mol. The van der Waals surface area contributed by atoms with E-state index >= 15 is 0 Å². The molecule has 1 fully saturated rings. The largest absolute Gasteiger partial charge is 0.416 e. The highest BCUT2D eigenvalue weighted by molar-refractivity contribution is 5.78. The molecule has 3 heterocycles. The Morgan fingerprint density at radius 3 is 2.21 bits per heavy atom. The van der Waals surface area contributed by atoms with Crippen molar-refractivity contribution in [3.8, 4) is 0 Å². The van der Waals surface area contributed by atoms with Crippen LogP contribution in [-0.2, 0) is 34.8 Å². The Morgan fingerprint density at radius 2 is 1.64 bits per heavy atom. The summed E-state index contributed by atoms with van der Waals surface area (Å²) in [6, 6.07) is 6.67. The van der Waals surface area contributed by atoms with Gasteiger partial charge in [-0.25, -0.2) is 4.39 Å². The van der Waals surface area contributed by atoms with Gasteiger partial charge in [0.25, 0.3) is 0 Å². The fourth-order valence-corrected chi connectivity index (χ4v) is 5.13. The second kappa shape index (κ2) is 9.92. The van der Waals surface area contributed by atoms with E-state index in [1.165, 1.54) is 19.1 Å². The van der Waals surface area contributed by atoms with E-state index in [0.717, 1.165) is 0 Å². The molecule has 2 aromatic carbocycles. The number of carbonyl (C=O) groups is 1. The smallest absolute Gasteiger partial charge is 0.369 e. The van der Waals surface area contributed by atoms with Gasteiger partial charge in [0.2, 0.25) is 5.91 Å². The second-order valence-corrected chi connectivity index (χ2v) is 9.76. The molecular formula is C26H23F7N4O2. The van der Waals surface area contributed by atoms with E-state index in [0.29, 0.717) is 42.2 Å². The molecule has 0 spiro atoms. The van der Waals surface area contributed by atoms with E-state index < -0.39 is 47.4 Å². The third kappa shape index (κ3) is 5.63. The van der Waals surface area contributed by atoms with Crippen molar-refractivity contribution in [1.29, 1.82) is 0 Å². The zero-order chi connectivity index (χ0) is 28.1. The SMILES string of the molecule is C[C@@H](O[C@H]1Cc2nnc(C3CCC(=O)N3)n2C[C@@H]1c1ccc(F)cc1)c1cc(C(F)(F)F)cc(C(F)(F)F)c1. The third-order valence-electron chi connectivity index (χ3n) is 7.13. The summed E-state index contributed by atoms with van der Waals surface area (Å²) in [4.78, 5) is 11.7. The number of fused-ring (bicyclic) bond motifs is 1. The first-order valence-electron chi connectivity index (χ1n) is 12.2. The first-order valence-corrected chi connectivity index (χ1v) is 12.2. The molecule has 1 aromatic heterocycles. The van der Waals surface area contributed by atoms with Gasteiger partial charge in [0, 0.05) is 25.3 Å². The third-order valence-corrected chi connectivity index (χ3v) is 7.13. The number of carbonyl (C=O) groups excluding carboxylic acids is 1. The maximum Gasteiger partial charge on any atom is 0.416 e. The van der Waals surface area contributed by atoms with E-state index in [9.17, 15) is 35.5 Å². The molecule has 5 rings (SSSR count). The Balaban J connectivity index is 1.48. The van der Waals surface area contributed by atoms with Crippen molar-refractivity contribution in [2.24, 2.45) is 0 Å². The van der Waals surface area contributed by atoms with Crippen molar-refractivity contribution in [2.45, 2.75) is 69.3 Å². The summed E-state index contributed by atoms with van der Waals surface area (Å²) in [6.07, 6.45) is -10.8. The summed E-state index contributed by atoms with van der Waals surface area (Å²) in [7, 11) is 0. The Bertz CT molecular complexity index is 1340. The fourth-order valence-electron chi connectivity index (χ4n) is 5.13. The molecule has 1 amide bonds. The molecule has 1 N–H and O–H groups in total. The molecule has 3 aromatic rings. The van der Waals surface area contributed by atoms with Crippen molar-refractivity contribution in [3.63, 3.8) is 0 Å². The molecule has 0 radical (unpaired) electrons. The van der Waals surface area contributed by atoms with Crippen LogP contribution in [0.3, 0.4) is 0 Å². The Hall–Kier alpha value is -3.48. The number of amides is 1. The zero-order valence-corrected chi connectivity index (χ0v) is 20.5. The highest BCUT2D eigenvalue weighted by Crippen LogP contribution is 2.40. The number of hydrogen-bond donors (Lipinski definition) is 1. The number of alkyl halides is 6. The Kier molecular flexibility index (Phi) is 6.90. The zero-order valence-electron chi connectivity index (χ0n) is 20.5. The number of halogens is 7. The maximum atomic E-state index is 13.7. The highest BCUT2D eigenvalue weighted by Gasteiger charge is 2.40. The molecule has 2 aliphatic heterocycles. The molecule has 6 nitrogen and oxygen atoms in total. The molecule has 39 heavy (non-hydrogen) atoms. The van der Waals surface area contributed by atoms with Crippen LogP contribution >= 0.6 is 0 Å². The summed E-state index contributed by atoms with van der Waals surface area (Å²) in [5.74, 6) is 0.00478. The van der Waals surface area contributed by atoms with Crippen LogP contribution in [0.1, 0.15) is 71.7 Å². The van der Waals surface area contributed by atoms with Crippen molar-refractivity contribution in [3.05, 3.63) is 82.2 Å². The number of benzene rings is 2. The van der Waals surface area contributed by atoms with E-state index in [2.05, 4.69) is 15.5 Å². The van der Waals surface area contributed by atoms with E-state index in [4.69, 9.17) is 4.74 Å². The number of hydrogen-bond acceptors (Lipinski definition) is 4. The molecular weight excluding hydrogens is 533 g/mol. The summed E-state index contributed by atoms with van der Waals surface area (Å²) in [5.41, 5.74) is -2.47. The van der Waals surface area contributed by atoms with Crippen LogP contribution in [-0.4, -0.2) is 26.8 Å². The van der Waals surface area contributed by atoms with Crippen molar-refractivity contribution < 1.29 is 40.3 Å². The standard InChI is InChI=1S/C26H23F7N4O2/c1-13(15-8-16(25(28,29)30)10-17(9-15)26(31,32)33)39-21-11-22-35-36-24(20-6-7-23(38)34-20)37(22)12-19(21)14-2-4-18(27)5-3-14/h2-5,8-10,13,19-21H,6-7,11-12H2,1H3,(H,34,38)/t13-,19-,20?,21+/m1/s1.